The summed E-state index contributed by atoms with van der Waals surface area (Å²) in [4.78, 5) is 9.84. The summed E-state index contributed by atoms with van der Waals surface area (Å²) in [5, 5.41) is 11.4. The first kappa shape index (κ1) is 25.5. The van der Waals surface area contributed by atoms with Crippen LogP contribution in [-0.2, 0) is 13.6 Å². The zero-order chi connectivity index (χ0) is 21.5. The number of guanidine groups is 1. The van der Waals surface area contributed by atoms with Gasteiger partial charge in [0.2, 0.25) is 0 Å². The third-order valence-corrected chi connectivity index (χ3v) is 6.02. The van der Waals surface area contributed by atoms with Crippen molar-refractivity contribution in [2.45, 2.75) is 40.3 Å². The van der Waals surface area contributed by atoms with Crippen molar-refractivity contribution < 1.29 is 0 Å². The molecule has 1 atom stereocenters. The van der Waals surface area contributed by atoms with Crippen LogP contribution in [0.25, 0.3) is 0 Å². The van der Waals surface area contributed by atoms with Gasteiger partial charge in [-0.2, -0.15) is 5.10 Å². The molecule has 1 saturated heterocycles. The summed E-state index contributed by atoms with van der Waals surface area (Å²) in [5.74, 6) is 0.870. The summed E-state index contributed by atoms with van der Waals surface area (Å²) in [6.07, 6.45) is 0. The van der Waals surface area contributed by atoms with Crippen molar-refractivity contribution >= 4 is 35.6 Å². The number of benzene rings is 1. The second-order valence-electron chi connectivity index (χ2n) is 8.06. The van der Waals surface area contributed by atoms with E-state index < -0.39 is 0 Å². The molecule has 8 heteroatoms. The van der Waals surface area contributed by atoms with E-state index in [2.05, 4.69) is 83.6 Å². The molecular weight excluding hydrogens is 501 g/mol. The second kappa shape index (κ2) is 12.3. The van der Waals surface area contributed by atoms with Crippen LogP contribution in [-0.4, -0.2) is 66.0 Å². The number of hydrogen-bond acceptors (Lipinski definition) is 4. The number of para-hydroxylation sites is 1. The minimum atomic E-state index is 0. The molecule has 0 bridgehead atoms. The highest BCUT2D eigenvalue weighted by atomic mass is 127. The molecule has 1 aromatic carbocycles. The predicted molar refractivity (Wildman–Crippen MR) is 141 cm³/mol. The van der Waals surface area contributed by atoms with Crippen molar-refractivity contribution in [1.82, 2.24) is 25.3 Å². The molecule has 1 fully saturated rings. The zero-order valence-electron chi connectivity index (χ0n) is 19.6. The fourth-order valence-electron chi connectivity index (χ4n) is 3.98. The van der Waals surface area contributed by atoms with Gasteiger partial charge in [0.05, 0.1) is 12.2 Å². The van der Waals surface area contributed by atoms with E-state index in [-0.39, 0.29) is 24.0 Å². The molecule has 1 aromatic heterocycles. The Kier molecular flexibility index (Phi) is 10.1. The predicted octanol–water partition coefficient (Wildman–Crippen LogP) is 2.92. The van der Waals surface area contributed by atoms with Gasteiger partial charge >= 0.3 is 0 Å². The number of aromatic nitrogens is 2. The molecule has 2 heterocycles. The van der Waals surface area contributed by atoms with E-state index in [1.165, 1.54) is 16.9 Å². The fraction of sp³-hybridized carbons (Fsp3) is 0.565. The lowest BCUT2D eigenvalue weighted by molar-refractivity contribution is 0.197. The van der Waals surface area contributed by atoms with Crippen molar-refractivity contribution in [3.8, 4) is 0 Å². The highest BCUT2D eigenvalue weighted by Gasteiger charge is 2.21. The number of halogens is 1. The van der Waals surface area contributed by atoms with Gasteiger partial charge in [0.15, 0.2) is 5.96 Å². The maximum atomic E-state index is 4.80. The van der Waals surface area contributed by atoms with Crippen LogP contribution in [0.5, 0.6) is 0 Å². The molecule has 31 heavy (non-hydrogen) atoms. The van der Waals surface area contributed by atoms with E-state index in [1.54, 1.807) is 0 Å². The molecule has 2 aromatic rings. The number of nitrogens with one attached hydrogen (secondary N) is 2. The second-order valence-corrected chi connectivity index (χ2v) is 8.06. The third kappa shape index (κ3) is 6.83. The lowest BCUT2D eigenvalue weighted by atomic mass is 10.2. The number of rotatable bonds is 7. The van der Waals surface area contributed by atoms with Gasteiger partial charge < -0.3 is 15.5 Å². The maximum absolute atomic E-state index is 4.80. The van der Waals surface area contributed by atoms with Gasteiger partial charge in [-0.1, -0.05) is 18.2 Å². The van der Waals surface area contributed by atoms with Crippen LogP contribution in [0.15, 0.2) is 35.3 Å². The quantitative estimate of drug-likeness (QED) is 0.322. The Labute approximate surface area is 204 Å². The van der Waals surface area contributed by atoms with Crippen molar-refractivity contribution in [1.29, 1.82) is 0 Å². The van der Waals surface area contributed by atoms with Crippen LogP contribution in [0, 0.1) is 13.8 Å². The van der Waals surface area contributed by atoms with E-state index in [1.807, 2.05) is 11.7 Å². The van der Waals surface area contributed by atoms with Gasteiger partial charge in [-0.15, -0.1) is 24.0 Å². The smallest absolute Gasteiger partial charge is 0.191 e. The lowest BCUT2D eigenvalue weighted by Crippen LogP contribution is -2.53. The molecule has 2 N–H and O–H groups in total. The van der Waals surface area contributed by atoms with Gasteiger partial charge in [0, 0.05) is 69.3 Å². The van der Waals surface area contributed by atoms with Crippen molar-refractivity contribution in [2.24, 2.45) is 12.0 Å². The Morgan fingerprint density at radius 2 is 1.77 bits per heavy atom. The number of anilines is 1. The SMILES string of the molecule is CCNC(=NCc1c(C)nn(C)c1C)NCC(C)N1CCN(c2ccccc2)CC1.I. The Bertz CT molecular complexity index is 826. The summed E-state index contributed by atoms with van der Waals surface area (Å²) >= 11 is 0. The molecule has 7 nitrogen and oxygen atoms in total. The molecule has 0 aliphatic carbocycles. The number of aryl methyl sites for hydroxylation is 2. The van der Waals surface area contributed by atoms with Gasteiger partial charge in [0.1, 0.15) is 0 Å². The highest BCUT2D eigenvalue weighted by molar-refractivity contribution is 14.0. The minimum absolute atomic E-state index is 0. The molecule has 3 rings (SSSR count). The molecule has 0 spiro atoms. The lowest BCUT2D eigenvalue weighted by Gasteiger charge is -2.39. The van der Waals surface area contributed by atoms with Crippen LogP contribution in [0.4, 0.5) is 5.69 Å². The van der Waals surface area contributed by atoms with Crippen LogP contribution in [0.1, 0.15) is 30.8 Å². The maximum Gasteiger partial charge on any atom is 0.191 e. The molecular formula is C23H38IN7. The summed E-state index contributed by atoms with van der Waals surface area (Å²) in [6.45, 7) is 15.2. The Morgan fingerprint density at radius 1 is 1.10 bits per heavy atom. The van der Waals surface area contributed by atoms with Gasteiger partial charge in [-0.25, -0.2) is 4.99 Å². The van der Waals surface area contributed by atoms with Gasteiger partial charge in [0.25, 0.3) is 0 Å². The van der Waals surface area contributed by atoms with Gasteiger partial charge in [-0.3, -0.25) is 9.58 Å². The minimum Gasteiger partial charge on any atom is -0.369 e. The normalized spacial score (nSPS) is 16.0. The fourth-order valence-corrected chi connectivity index (χ4v) is 3.98. The standard InChI is InChI=1S/C23H37N7.HI/c1-6-24-23(26-17-22-19(3)27-28(5)20(22)4)25-16-18(2)29-12-14-30(15-13-29)21-10-8-7-9-11-21;/h7-11,18H,6,12-17H2,1-5H3,(H2,24,25,26);1H. The number of aliphatic imine (C=N–C) groups is 1. The molecule has 1 unspecified atom stereocenters. The first-order chi connectivity index (χ1) is 14.5. The number of hydrogen-bond donors (Lipinski definition) is 2. The van der Waals surface area contributed by atoms with E-state index in [0.717, 1.165) is 50.9 Å². The average molecular weight is 540 g/mol. The number of piperazine rings is 1. The highest BCUT2D eigenvalue weighted by Crippen LogP contribution is 2.16. The molecule has 0 radical (unpaired) electrons. The Hall–Kier alpha value is -1.81. The molecule has 172 valence electrons. The van der Waals surface area contributed by atoms with E-state index in [0.29, 0.717) is 12.6 Å². The monoisotopic (exact) mass is 539 g/mol. The zero-order valence-corrected chi connectivity index (χ0v) is 21.9. The average Bonchev–Trinajstić information content (AvgIpc) is 3.01. The molecule has 0 saturated carbocycles. The summed E-state index contributed by atoms with van der Waals surface area (Å²) in [5.41, 5.74) is 4.77. The van der Waals surface area contributed by atoms with Gasteiger partial charge in [-0.05, 0) is 39.8 Å². The molecule has 0 amide bonds. The van der Waals surface area contributed by atoms with Crippen LogP contribution in [0.2, 0.25) is 0 Å². The van der Waals surface area contributed by atoms with E-state index >= 15 is 0 Å². The van der Waals surface area contributed by atoms with Crippen molar-refractivity contribution in [3.63, 3.8) is 0 Å². The topological polar surface area (TPSA) is 60.7 Å². The summed E-state index contributed by atoms with van der Waals surface area (Å²) in [7, 11) is 1.98. The molecule has 1 aliphatic rings. The first-order valence-corrected chi connectivity index (χ1v) is 11.0. The first-order valence-electron chi connectivity index (χ1n) is 11.0. The van der Waals surface area contributed by atoms with Crippen LogP contribution < -0.4 is 15.5 Å². The summed E-state index contributed by atoms with van der Waals surface area (Å²) < 4.78 is 1.93. The van der Waals surface area contributed by atoms with E-state index in [4.69, 9.17) is 4.99 Å². The largest absolute Gasteiger partial charge is 0.369 e. The van der Waals surface area contributed by atoms with Crippen molar-refractivity contribution in [3.05, 3.63) is 47.3 Å². The van der Waals surface area contributed by atoms with E-state index in [9.17, 15) is 0 Å². The Morgan fingerprint density at radius 3 is 2.35 bits per heavy atom. The number of nitrogens with zero attached hydrogens (tertiary/aromatic N) is 5. The Balaban J connectivity index is 0.00000341. The van der Waals surface area contributed by atoms with Crippen LogP contribution in [0.3, 0.4) is 0 Å². The van der Waals surface area contributed by atoms with Crippen LogP contribution >= 0.6 is 24.0 Å². The summed E-state index contributed by atoms with van der Waals surface area (Å²) in [6, 6.07) is 11.2. The van der Waals surface area contributed by atoms with Crippen molar-refractivity contribution in [2.75, 3.05) is 44.2 Å². The molecule has 1 aliphatic heterocycles. The third-order valence-electron chi connectivity index (χ3n) is 6.02.